The van der Waals surface area contributed by atoms with Gasteiger partial charge in [0.25, 0.3) is 0 Å². The van der Waals surface area contributed by atoms with Crippen LogP contribution in [-0.4, -0.2) is 18.2 Å². The van der Waals surface area contributed by atoms with Gasteiger partial charge in [-0.25, -0.2) is 0 Å². The molecule has 120 valence electrons. The average Bonchev–Trinajstić information content (AvgIpc) is 2.33. The predicted octanol–water partition coefficient (Wildman–Crippen LogP) is 4.82. The van der Waals surface area contributed by atoms with Crippen LogP contribution in [0.15, 0.2) is 24.3 Å². The van der Waals surface area contributed by atoms with E-state index in [9.17, 15) is 0 Å². The molecule has 0 aliphatic rings. The summed E-state index contributed by atoms with van der Waals surface area (Å²) in [6.07, 6.45) is 2.47. The molecule has 0 fully saturated rings. The van der Waals surface area contributed by atoms with E-state index in [1.807, 2.05) is 6.07 Å². The number of hydrogen-bond acceptors (Lipinski definition) is 2. The number of aryl methyl sites for hydroxylation is 1. The van der Waals surface area contributed by atoms with E-state index < -0.39 is 0 Å². The Labute approximate surface area is 131 Å². The summed E-state index contributed by atoms with van der Waals surface area (Å²) >= 11 is 0. The predicted molar refractivity (Wildman–Crippen MR) is 92.1 cm³/mol. The summed E-state index contributed by atoms with van der Waals surface area (Å²) in [6.45, 7) is 16.3. The highest BCUT2D eigenvalue weighted by molar-refractivity contribution is 5.28. The molecule has 0 aliphatic heterocycles. The van der Waals surface area contributed by atoms with Crippen molar-refractivity contribution in [2.75, 3.05) is 6.54 Å². The van der Waals surface area contributed by atoms with Gasteiger partial charge in [-0.3, -0.25) is 0 Å². The van der Waals surface area contributed by atoms with Gasteiger partial charge in [0.05, 0.1) is 0 Å². The number of nitrogens with one attached hydrogen (secondary N) is 1. The molecule has 1 aromatic carbocycles. The molecule has 1 aromatic rings. The lowest BCUT2D eigenvalue weighted by atomic mass is 9.89. The fourth-order valence-electron chi connectivity index (χ4n) is 2.02. The average molecular weight is 291 g/mol. The molecular weight excluding hydrogens is 258 g/mol. The Hall–Kier alpha value is -1.02. The first kappa shape index (κ1) is 18.0. The third kappa shape index (κ3) is 8.77. The van der Waals surface area contributed by atoms with E-state index >= 15 is 0 Å². The second kappa shape index (κ2) is 7.31. The van der Waals surface area contributed by atoms with Crippen molar-refractivity contribution in [3.05, 3.63) is 29.8 Å². The van der Waals surface area contributed by atoms with Gasteiger partial charge in [-0.2, -0.15) is 0 Å². The number of ether oxygens (including phenoxy) is 1. The first-order valence-corrected chi connectivity index (χ1v) is 8.06. The molecule has 0 saturated heterocycles. The lowest BCUT2D eigenvalue weighted by molar-refractivity contribution is 0.203. The zero-order valence-corrected chi connectivity index (χ0v) is 14.9. The fraction of sp³-hybridized carbons (Fsp3) is 0.684. The number of rotatable bonds is 6. The van der Waals surface area contributed by atoms with Crippen molar-refractivity contribution in [2.24, 2.45) is 5.41 Å². The second-order valence-electron chi connectivity index (χ2n) is 8.27. The van der Waals surface area contributed by atoms with E-state index in [0.717, 1.165) is 18.7 Å². The van der Waals surface area contributed by atoms with Gasteiger partial charge in [-0.05, 0) is 63.6 Å². The SMILES string of the molecule is C[C@@H](CNC(C)(C)C)Oc1cccc(CCC(C)(C)C)c1. The van der Waals surface area contributed by atoms with Crippen molar-refractivity contribution in [2.45, 2.75) is 73.0 Å². The molecule has 0 unspecified atom stereocenters. The van der Waals surface area contributed by atoms with Gasteiger partial charge in [0, 0.05) is 12.1 Å². The Kier molecular flexibility index (Phi) is 6.27. The third-order valence-electron chi connectivity index (χ3n) is 3.32. The Balaban J connectivity index is 2.52. The van der Waals surface area contributed by atoms with Gasteiger partial charge < -0.3 is 10.1 Å². The monoisotopic (exact) mass is 291 g/mol. The highest BCUT2D eigenvalue weighted by atomic mass is 16.5. The molecule has 0 aliphatic carbocycles. The van der Waals surface area contributed by atoms with Crippen LogP contribution in [-0.2, 0) is 6.42 Å². The molecule has 0 radical (unpaired) electrons. The van der Waals surface area contributed by atoms with Crippen LogP contribution in [0.25, 0.3) is 0 Å². The summed E-state index contributed by atoms with van der Waals surface area (Å²) in [5.41, 5.74) is 1.87. The van der Waals surface area contributed by atoms with Crippen LogP contribution in [0.4, 0.5) is 0 Å². The van der Waals surface area contributed by atoms with Gasteiger partial charge in [-0.1, -0.05) is 32.9 Å². The summed E-state index contributed by atoms with van der Waals surface area (Å²) in [4.78, 5) is 0. The Morgan fingerprint density at radius 3 is 2.33 bits per heavy atom. The Morgan fingerprint density at radius 2 is 1.76 bits per heavy atom. The molecule has 1 atom stereocenters. The molecule has 2 heteroatoms. The van der Waals surface area contributed by atoms with Crippen molar-refractivity contribution >= 4 is 0 Å². The molecular formula is C19H33NO. The van der Waals surface area contributed by atoms with Crippen LogP contribution in [0.5, 0.6) is 5.75 Å². The van der Waals surface area contributed by atoms with Crippen LogP contribution in [0.2, 0.25) is 0 Å². The summed E-state index contributed by atoms with van der Waals surface area (Å²) < 4.78 is 6.02. The molecule has 0 saturated carbocycles. The fourth-order valence-corrected chi connectivity index (χ4v) is 2.02. The summed E-state index contributed by atoms with van der Waals surface area (Å²) in [7, 11) is 0. The van der Waals surface area contributed by atoms with Gasteiger partial charge in [0.2, 0.25) is 0 Å². The van der Waals surface area contributed by atoms with E-state index in [2.05, 4.69) is 72.0 Å². The van der Waals surface area contributed by atoms with Crippen LogP contribution in [0.1, 0.15) is 60.5 Å². The molecule has 1 N–H and O–H groups in total. The van der Waals surface area contributed by atoms with E-state index in [0.29, 0.717) is 5.41 Å². The molecule has 0 amide bonds. The first-order chi connectivity index (χ1) is 9.55. The molecule has 21 heavy (non-hydrogen) atoms. The summed E-state index contributed by atoms with van der Waals surface area (Å²) in [5, 5.41) is 3.48. The topological polar surface area (TPSA) is 21.3 Å². The Bertz CT molecular complexity index is 426. The molecule has 0 spiro atoms. The van der Waals surface area contributed by atoms with Crippen molar-refractivity contribution < 1.29 is 4.74 Å². The van der Waals surface area contributed by atoms with E-state index in [-0.39, 0.29) is 11.6 Å². The maximum Gasteiger partial charge on any atom is 0.120 e. The van der Waals surface area contributed by atoms with Crippen molar-refractivity contribution in [1.29, 1.82) is 0 Å². The zero-order chi connectivity index (χ0) is 16.1. The van der Waals surface area contributed by atoms with Gasteiger partial charge >= 0.3 is 0 Å². The maximum atomic E-state index is 6.02. The van der Waals surface area contributed by atoms with Gasteiger partial charge in [-0.15, -0.1) is 0 Å². The quantitative estimate of drug-likeness (QED) is 0.811. The molecule has 1 rings (SSSR count). The highest BCUT2D eigenvalue weighted by Gasteiger charge is 2.13. The number of benzene rings is 1. The van der Waals surface area contributed by atoms with Crippen LogP contribution >= 0.6 is 0 Å². The summed E-state index contributed by atoms with van der Waals surface area (Å²) in [6, 6.07) is 8.52. The van der Waals surface area contributed by atoms with E-state index in [1.165, 1.54) is 12.0 Å². The minimum absolute atomic E-state index is 0.131. The highest BCUT2D eigenvalue weighted by Crippen LogP contribution is 2.23. The molecule has 0 bridgehead atoms. The maximum absolute atomic E-state index is 6.02. The van der Waals surface area contributed by atoms with E-state index in [1.54, 1.807) is 0 Å². The van der Waals surface area contributed by atoms with Crippen molar-refractivity contribution in [1.82, 2.24) is 5.32 Å². The van der Waals surface area contributed by atoms with Crippen LogP contribution in [0.3, 0.4) is 0 Å². The molecule has 2 nitrogen and oxygen atoms in total. The largest absolute Gasteiger partial charge is 0.489 e. The Morgan fingerprint density at radius 1 is 1.10 bits per heavy atom. The molecule has 0 aromatic heterocycles. The third-order valence-corrected chi connectivity index (χ3v) is 3.32. The smallest absolute Gasteiger partial charge is 0.120 e. The van der Waals surface area contributed by atoms with Crippen LogP contribution < -0.4 is 10.1 Å². The van der Waals surface area contributed by atoms with E-state index in [4.69, 9.17) is 4.74 Å². The first-order valence-electron chi connectivity index (χ1n) is 8.06. The summed E-state index contributed by atoms with van der Waals surface area (Å²) in [5.74, 6) is 0.976. The normalized spacial score (nSPS) is 14.0. The second-order valence-corrected chi connectivity index (χ2v) is 8.27. The minimum atomic E-state index is 0.131. The van der Waals surface area contributed by atoms with Crippen molar-refractivity contribution in [3.8, 4) is 5.75 Å². The lowest BCUT2D eigenvalue weighted by Gasteiger charge is -2.24. The van der Waals surface area contributed by atoms with Crippen molar-refractivity contribution in [3.63, 3.8) is 0 Å². The van der Waals surface area contributed by atoms with Gasteiger partial charge in [0.1, 0.15) is 11.9 Å². The number of hydrogen-bond donors (Lipinski definition) is 1. The minimum Gasteiger partial charge on any atom is -0.489 e. The molecule has 0 heterocycles. The van der Waals surface area contributed by atoms with Crippen LogP contribution in [0, 0.1) is 5.41 Å². The standard InChI is InChI=1S/C19H33NO/c1-15(14-20-19(5,6)7)21-17-10-8-9-16(13-17)11-12-18(2,3)4/h8-10,13,15,20H,11-12,14H2,1-7H3/t15-/m0/s1. The zero-order valence-electron chi connectivity index (χ0n) is 14.9. The lowest BCUT2D eigenvalue weighted by Crippen LogP contribution is -2.41. The van der Waals surface area contributed by atoms with Gasteiger partial charge in [0.15, 0.2) is 0 Å².